The van der Waals surface area contributed by atoms with Crippen molar-refractivity contribution >= 4 is 29.2 Å². The zero-order valence-electron chi connectivity index (χ0n) is 21.1. The average Bonchev–Trinajstić information content (AvgIpc) is 2.80. The van der Waals surface area contributed by atoms with Crippen LogP contribution in [0.3, 0.4) is 0 Å². The number of hydrogen-bond donors (Lipinski definition) is 2. The van der Waals surface area contributed by atoms with Gasteiger partial charge < -0.3 is 10.2 Å². The third-order valence-electron chi connectivity index (χ3n) is 8.96. The Morgan fingerprint density at radius 3 is 2.43 bits per heavy atom. The highest BCUT2D eigenvalue weighted by molar-refractivity contribution is 6.05. The molecule has 5 fully saturated rings. The minimum absolute atomic E-state index is 0.00566. The molecule has 190 valence electrons. The van der Waals surface area contributed by atoms with Crippen LogP contribution in [0.15, 0.2) is 24.3 Å². The summed E-state index contributed by atoms with van der Waals surface area (Å²) < 4.78 is 0. The molecule has 0 radical (unpaired) electrons. The molecule has 7 nitrogen and oxygen atoms in total. The van der Waals surface area contributed by atoms with Crippen molar-refractivity contribution in [1.29, 1.82) is 0 Å². The summed E-state index contributed by atoms with van der Waals surface area (Å²) in [4.78, 5) is 40.1. The molecule has 6 rings (SSSR count). The lowest BCUT2D eigenvalue weighted by atomic mass is 9.52. The number of urea groups is 1. The fourth-order valence-corrected chi connectivity index (χ4v) is 7.54. The molecule has 2 N–H and O–H groups in total. The maximum absolute atomic E-state index is 12.5. The zero-order chi connectivity index (χ0) is 24.4. The van der Waals surface area contributed by atoms with E-state index in [1.807, 2.05) is 18.2 Å². The van der Waals surface area contributed by atoms with Gasteiger partial charge in [-0.3, -0.25) is 19.8 Å². The Hall–Kier alpha value is -2.41. The third-order valence-corrected chi connectivity index (χ3v) is 8.96. The molecule has 0 atom stereocenters. The highest BCUT2D eigenvalue weighted by Crippen LogP contribution is 2.57. The van der Waals surface area contributed by atoms with Gasteiger partial charge in [0, 0.05) is 36.3 Å². The van der Waals surface area contributed by atoms with Crippen molar-refractivity contribution in [2.75, 3.05) is 30.4 Å². The molecule has 5 aliphatic rings. The first-order chi connectivity index (χ1) is 16.9. The molecule has 4 saturated carbocycles. The van der Waals surface area contributed by atoms with Crippen LogP contribution in [0.1, 0.15) is 77.0 Å². The van der Waals surface area contributed by atoms with Crippen molar-refractivity contribution in [3.63, 3.8) is 0 Å². The molecule has 0 spiro atoms. The van der Waals surface area contributed by atoms with Crippen molar-refractivity contribution in [3.8, 4) is 0 Å². The third kappa shape index (κ3) is 5.55. The van der Waals surface area contributed by atoms with Crippen LogP contribution >= 0.6 is 0 Å². The van der Waals surface area contributed by atoms with E-state index in [1.54, 1.807) is 6.07 Å². The second kappa shape index (κ2) is 10.3. The van der Waals surface area contributed by atoms with Gasteiger partial charge in [-0.2, -0.15) is 0 Å². The first-order valence-electron chi connectivity index (χ1n) is 13.6. The smallest absolute Gasteiger partial charge is 0.326 e. The molecule has 4 amide bonds. The number of nitrogens with one attached hydrogen (secondary N) is 2. The first-order valence-corrected chi connectivity index (χ1v) is 13.6. The summed E-state index contributed by atoms with van der Waals surface area (Å²) in [6.07, 6.45) is 13.9. The van der Waals surface area contributed by atoms with Gasteiger partial charge in [-0.15, -0.1) is 0 Å². The largest absolute Gasteiger partial charge is 0.328 e. The van der Waals surface area contributed by atoms with E-state index < -0.39 is 6.03 Å². The van der Waals surface area contributed by atoms with Crippen LogP contribution in [-0.4, -0.2) is 48.4 Å². The Balaban J connectivity index is 0.998. The van der Waals surface area contributed by atoms with Crippen LogP contribution in [0.5, 0.6) is 0 Å². The number of hydrogen-bond acceptors (Lipinski definition) is 4. The Morgan fingerprint density at radius 2 is 1.74 bits per heavy atom. The van der Waals surface area contributed by atoms with Gasteiger partial charge in [0.15, 0.2) is 0 Å². The van der Waals surface area contributed by atoms with Crippen molar-refractivity contribution in [3.05, 3.63) is 24.3 Å². The highest BCUT2D eigenvalue weighted by Gasteiger charge is 2.52. The van der Waals surface area contributed by atoms with E-state index in [2.05, 4.69) is 22.6 Å². The minimum Gasteiger partial charge on any atom is -0.326 e. The highest BCUT2D eigenvalue weighted by atomic mass is 16.2. The van der Waals surface area contributed by atoms with Crippen LogP contribution in [0.2, 0.25) is 0 Å². The molecule has 1 heterocycles. The number of rotatable bonds is 10. The summed E-state index contributed by atoms with van der Waals surface area (Å²) in [6, 6.07) is 6.82. The molecule has 4 aliphatic carbocycles. The topological polar surface area (TPSA) is 81.8 Å². The number of unbranched alkanes of at least 4 members (excludes halogenated alkanes) is 3. The van der Waals surface area contributed by atoms with Crippen LogP contribution in [0.4, 0.5) is 16.2 Å². The van der Waals surface area contributed by atoms with E-state index >= 15 is 0 Å². The lowest BCUT2D eigenvalue weighted by Crippen LogP contribution is -2.58. The van der Waals surface area contributed by atoms with E-state index in [1.165, 1.54) is 62.8 Å². The standard InChI is InChI=1S/C28H40N4O3/c1-31(28-17-20-13-21(18-28)15-22(14-20)19-28)11-5-3-2-4-9-25(33)29-23-7-6-8-24(16-23)32-12-10-26(34)30-27(32)35/h6-8,16,20-22H,2-5,9-15,17-19H2,1H3,(H,29,33)(H,30,34,35). The van der Waals surface area contributed by atoms with Crippen molar-refractivity contribution in [2.45, 2.75) is 82.6 Å². The Morgan fingerprint density at radius 1 is 1.06 bits per heavy atom. The summed E-state index contributed by atoms with van der Waals surface area (Å²) in [6.45, 7) is 1.53. The van der Waals surface area contributed by atoms with E-state index in [-0.39, 0.29) is 18.2 Å². The molecule has 35 heavy (non-hydrogen) atoms. The fraction of sp³-hybridized carbons (Fsp3) is 0.679. The van der Waals surface area contributed by atoms with Gasteiger partial charge in [-0.25, -0.2) is 4.79 Å². The van der Waals surface area contributed by atoms with E-state index in [0.29, 0.717) is 29.9 Å². The molecule has 4 bridgehead atoms. The zero-order valence-corrected chi connectivity index (χ0v) is 21.1. The van der Waals surface area contributed by atoms with Crippen molar-refractivity contribution in [2.24, 2.45) is 17.8 Å². The Labute approximate surface area is 209 Å². The van der Waals surface area contributed by atoms with Crippen LogP contribution in [0.25, 0.3) is 0 Å². The minimum atomic E-state index is -0.418. The molecular formula is C28H40N4O3. The lowest BCUT2D eigenvalue weighted by molar-refractivity contribution is -0.120. The molecule has 1 aromatic rings. The molecular weight excluding hydrogens is 440 g/mol. The van der Waals surface area contributed by atoms with Gasteiger partial charge in [-0.05, 0) is 101 Å². The maximum atomic E-state index is 12.5. The summed E-state index contributed by atoms with van der Waals surface area (Å²) in [5.74, 6) is 2.72. The van der Waals surface area contributed by atoms with Crippen molar-refractivity contribution < 1.29 is 14.4 Å². The number of imide groups is 1. The summed E-state index contributed by atoms with van der Waals surface area (Å²) in [5, 5.41) is 5.29. The summed E-state index contributed by atoms with van der Waals surface area (Å²) in [7, 11) is 2.36. The predicted octanol–water partition coefficient (Wildman–Crippen LogP) is 4.92. The van der Waals surface area contributed by atoms with Crippen LogP contribution < -0.4 is 15.5 Å². The quantitative estimate of drug-likeness (QED) is 0.466. The van der Waals surface area contributed by atoms with Crippen LogP contribution in [0, 0.1) is 17.8 Å². The summed E-state index contributed by atoms with van der Waals surface area (Å²) >= 11 is 0. The van der Waals surface area contributed by atoms with Crippen LogP contribution in [-0.2, 0) is 9.59 Å². The number of nitrogens with zero attached hydrogens (tertiary/aromatic N) is 2. The molecule has 7 heteroatoms. The predicted molar refractivity (Wildman–Crippen MR) is 137 cm³/mol. The van der Waals surface area contributed by atoms with Gasteiger partial charge in [0.25, 0.3) is 0 Å². The second-order valence-electron chi connectivity index (χ2n) is 11.6. The average molecular weight is 481 g/mol. The number of carbonyl (C=O) groups is 3. The maximum Gasteiger partial charge on any atom is 0.328 e. The number of amides is 4. The molecule has 0 aromatic heterocycles. The lowest BCUT2D eigenvalue weighted by Gasteiger charge is -2.60. The SMILES string of the molecule is CN(CCCCCCC(=O)Nc1cccc(N2CCC(=O)NC2=O)c1)C12CC3CC(CC(C3)C1)C2. The molecule has 0 unspecified atom stereocenters. The number of benzene rings is 1. The monoisotopic (exact) mass is 480 g/mol. The van der Waals surface area contributed by atoms with Gasteiger partial charge in [0.05, 0.1) is 0 Å². The first kappa shape index (κ1) is 24.3. The molecule has 1 aromatic carbocycles. The normalized spacial score (nSPS) is 29.5. The second-order valence-corrected chi connectivity index (χ2v) is 11.6. The Kier molecular flexibility index (Phi) is 7.14. The van der Waals surface area contributed by atoms with Gasteiger partial charge in [0.2, 0.25) is 11.8 Å². The fourth-order valence-electron chi connectivity index (χ4n) is 7.54. The van der Waals surface area contributed by atoms with Gasteiger partial charge in [0.1, 0.15) is 0 Å². The number of carbonyl (C=O) groups excluding carboxylic acids is 3. The number of anilines is 2. The summed E-state index contributed by atoms with van der Waals surface area (Å²) in [5.41, 5.74) is 1.85. The molecule has 1 saturated heterocycles. The Bertz CT molecular complexity index is 926. The van der Waals surface area contributed by atoms with E-state index in [9.17, 15) is 14.4 Å². The molecule has 1 aliphatic heterocycles. The van der Waals surface area contributed by atoms with Gasteiger partial charge in [-0.1, -0.05) is 18.9 Å². The van der Waals surface area contributed by atoms with Gasteiger partial charge >= 0.3 is 6.03 Å². The van der Waals surface area contributed by atoms with E-state index in [4.69, 9.17) is 0 Å². The van der Waals surface area contributed by atoms with E-state index in [0.717, 1.165) is 30.6 Å². The van der Waals surface area contributed by atoms with Crippen molar-refractivity contribution in [1.82, 2.24) is 10.2 Å².